The van der Waals surface area contributed by atoms with E-state index in [0.717, 1.165) is 78.1 Å². The molecule has 0 aliphatic rings. The number of para-hydroxylation sites is 2. The summed E-state index contributed by atoms with van der Waals surface area (Å²) >= 11 is 0. The summed E-state index contributed by atoms with van der Waals surface area (Å²) in [6.45, 7) is 0. The third-order valence-corrected chi connectivity index (χ3v) is 10.4. The molecule has 10 aromatic rings. The maximum atomic E-state index is 5.45. The van der Waals surface area contributed by atoms with Gasteiger partial charge in [0.2, 0.25) is 5.95 Å². The first-order valence-electron chi connectivity index (χ1n) is 18.7. The summed E-state index contributed by atoms with van der Waals surface area (Å²) < 4.78 is 2.22. The Balaban J connectivity index is 1.27. The van der Waals surface area contributed by atoms with E-state index in [2.05, 4.69) is 217 Å². The van der Waals surface area contributed by atoms with Gasteiger partial charge in [-0.1, -0.05) is 158 Å². The molecule has 0 unspecified atom stereocenters. The van der Waals surface area contributed by atoms with Crippen LogP contribution >= 0.6 is 0 Å². The first kappa shape index (κ1) is 32.3. The smallest absolute Gasteiger partial charge is 0.235 e. The maximum absolute atomic E-state index is 5.45. The van der Waals surface area contributed by atoms with Crippen molar-refractivity contribution in [2.75, 3.05) is 0 Å². The van der Waals surface area contributed by atoms with Gasteiger partial charge in [0.15, 0.2) is 0 Å². The highest BCUT2D eigenvalue weighted by Crippen LogP contribution is 2.38. The monoisotopic (exact) mass is 701 g/mol. The van der Waals surface area contributed by atoms with E-state index in [1.165, 1.54) is 10.8 Å². The lowest BCUT2D eigenvalue weighted by Crippen LogP contribution is -2.04. The van der Waals surface area contributed by atoms with Crippen molar-refractivity contribution < 1.29 is 0 Å². The maximum Gasteiger partial charge on any atom is 0.235 e. The Bertz CT molecular complexity index is 2640. The molecule has 2 heterocycles. The standard InChI is InChI=1S/C52H35N3/c1-5-17-36(18-6-1)40-29-41(37-19-7-2-8-20-37)32-44(31-40)48-35-49(54-52(53-48)55-50-27-15-13-25-46(50)47-26-14-16-28-51(47)55)45-33-42(38-21-9-3-10-22-38)30-43(34-45)39-23-11-4-12-24-39/h1-35H. The molecule has 258 valence electrons. The van der Waals surface area contributed by atoms with Gasteiger partial charge in [0.05, 0.1) is 22.4 Å². The predicted molar refractivity (Wildman–Crippen MR) is 229 cm³/mol. The van der Waals surface area contributed by atoms with E-state index in [9.17, 15) is 0 Å². The Labute approximate surface area is 320 Å². The van der Waals surface area contributed by atoms with Gasteiger partial charge >= 0.3 is 0 Å². The molecule has 0 aliphatic carbocycles. The van der Waals surface area contributed by atoms with Gasteiger partial charge in [0.25, 0.3) is 0 Å². The van der Waals surface area contributed by atoms with Crippen LogP contribution in [0.1, 0.15) is 0 Å². The number of fused-ring (bicyclic) bond motifs is 3. The quantitative estimate of drug-likeness (QED) is 0.166. The zero-order valence-corrected chi connectivity index (χ0v) is 30.0. The molecule has 0 fully saturated rings. The van der Waals surface area contributed by atoms with Crippen LogP contribution in [0.4, 0.5) is 0 Å². The van der Waals surface area contributed by atoms with Crippen LogP contribution in [-0.2, 0) is 0 Å². The lowest BCUT2D eigenvalue weighted by atomic mass is 9.93. The number of hydrogen-bond acceptors (Lipinski definition) is 2. The number of aromatic nitrogens is 3. The molecule has 0 saturated heterocycles. The van der Waals surface area contributed by atoms with Crippen molar-refractivity contribution >= 4 is 21.8 Å². The Morgan fingerprint density at radius 3 is 0.891 bits per heavy atom. The Kier molecular flexibility index (Phi) is 8.16. The second kappa shape index (κ2) is 13.9. The molecule has 0 radical (unpaired) electrons. The normalized spacial score (nSPS) is 11.3. The molecular formula is C52H35N3. The molecule has 55 heavy (non-hydrogen) atoms. The lowest BCUT2D eigenvalue weighted by Gasteiger charge is -2.15. The zero-order valence-electron chi connectivity index (χ0n) is 30.0. The van der Waals surface area contributed by atoms with Crippen molar-refractivity contribution in [3.05, 3.63) is 212 Å². The summed E-state index contributed by atoms with van der Waals surface area (Å²) in [6.07, 6.45) is 0. The van der Waals surface area contributed by atoms with Crippen LogP contribution in [0.25, 0.3) is 94.8 Å². The number of nitrogens with zero attached hydrogens (tertiary/aromatic N) is 3. The molecule has 0 saturated carbocycles. The molecule has 3 heteroatoms. The fourth-order valence-electron chi connectivity index (χ4n) is 7.71. The van der Waals surface area contributed by atoms with Crippen molar-refractivity contribution in [2.45, 2.75) is 0 Å². The number of hydrogen-bond donors (Lipinski definition) is 0. The minimum absolute atomic E-state index is 0.627. The number of rotatable bonds is 7. The van der Waals surface area contributed by atoms with Gasteiger partial charge < -0.3 is 0 Å². The highest BCUT2D eigenvalue weighted by atomic mass is 15.2. The van der Waals surface area contributed by atoms with E-state index in [0.29, 0.717) is 5.95 Å². The Morgan fingerprint density at radius 1 is 0.255 bits per heavy atom. The molecule has 0 amide bonds. The van der Waals surface area contributed by atoms with Crippen molar-refractivity contribution in [3.63, 3.8) is 0 Å². The Hall–Kier alpha value is -7.36. The van der Waals surface area contributed by atoms with Crippen LogP contribution in [0.2, 0.25) is 0 Å². The summed E-state index contributed by atoms with van der Waals surface area (Å²) in [4.78, 5) is 10.9. The van der Waals surface area contributed by atoms with Crippen LogP contribution in [0, 0.1) is 0 Å². The molecule has 0 bridgehead atoms. The van der Waals surface area contributed by atoms with E-state index in [1.807, 2.05) is 0 Å². The van der Waals surface area contributed by atoms with E-state index in [4.69, 9.17) is 9.97 Å². The highest BCUT2D eigenvalue weighted by molar-refractivity contribution is 6.09. The fourth-order valence-corrected chi connectivity index (χ4v) is 7.71. The van der Waals surface area contributed by atoms with Gasteiger partial charge in [-0.25, -0.2) is 9.97 Å². The summed E-state index contributed by atoms with van der Waals surface area (Å²) in [5.74, 6) is 0.627. The third kappa shape index (κ3) is 6.18. The van der Waals surface area contributed by atoms with Crippen molar-refractivity contribution in [1.29, 1.82) is 0 Å². The van der Waals surface area contributed by atoms with Gasteiger partial charge in [-0.3, -0.25) is 4.57 Å². The highest BCUT2D eigenvalue weighted by Gasteiger charge is 2.19. The largest absolute Gasteiger partial charge is 0.278 e. The van der Waals surface area contributed by atoms with E-state index >= 15 is 0 Å². The molecule has 8 aromatic carbocycles. The van der Waals surface area contributed by atoms with Crippen LogP contribution in [0.3, 0.4) is 0 Å². The first-order valence-corrected chi connectivity index (χ1v) is 18.7. The summed E-state index contributed by atoms with van der Waals surface area (Å²) in [5.41, 5.74) is 15.0. The molecule has 0 N–H and O–H groups in total. The zero-order chi connectivity index (χ0) is 36.6. The molecule has 0 atom stereocenters. The van der Waals surface area contributed by atoms with E-state index < -0.39 is 0 Å². The average molecular weight is 702 g/mol. The van der Waals surface area contributed by atoms with Gasteiger partial charge in [0.1, 0.15) is 0 Å². The minimum atomic E-state index is 0.627. The molecule has 3 nitrogen and oxygen atoms in total. The van der Waals surface area contributed by atoms with E-state index in [1.54, 1.807) is 0 Å². The van der Waals surface area contributed by atoms with Crippen LogP contribution < -0.4 is 0 Å². The SMILES string of the molecule is c1ccc(-c2cc(-c3ccccc3)cc(-c3cc(-c4cc(-c5ccccc5)cc(-c5ccccc5)c4)nc(-n4c5ccccc5c5ccccc54)n3)c2)cc1. The van der Waals surface area contributed by atoms with Gasteiger partial charge in [0, 0.05) is 21.9 Å². The molecule has 0 spiro atoms. The molecule has 0 aliphatic heterocycles. The van der Waals surface area contributed by atoms with E-state index in [-0.39, 0.29) is 0 Å². The lowest BCUT2D eigenvalue weighted by molar-refractivity contribution is 0.996. The van der Waals surface area contributed by atoms with Crippen LogP contribution in [0.5, 0.6) is 0 Å². The molecular weight excluding hydrogens is 667 g/mol. The van der Waals surface area contributed by atoms with Crippen molar-refractivity contribution in [3.8, 4) is 73.0 Å². The summed E-state index contributed by atoms with van der Waals surface area (Å²) in [7, 11) is 0. The molecule has 2 aromatic heterocycles. The van der Waals surface area contributed by atoms with Crippen LogP contribution in [0.15, 0.2) is 212 Å². The van der Waals surface area contributed by atoms with Crippen molar-refractivity contribution in [2.24, 2.45) is 0 Å². The van der Waals surface area contributed by atoms with Crippen molar-refractivity contribution in [1.82, 2.24) is 14.5 Å². The van der Waals surface area contributed by atoms with Gasteiger partial charge in [-0.2, -0.15) is 0 Å². The van der Waals surface area contributed by atoms with Crippen LogP contribution in [-0.4, -0.2) is 14.5 Å². The second-order valence-corrected chi connectivity index (χ2v) is 13.9. The summed E-state index contributed by atoms with van der Waals surface area (Å²) in [6, 6.07) is 75.2. The number of benzene rings is 8. The molecule has 10 rings (SSSR count). The summed E-state index contributed by atoms with van der Waals surface area (Å²) in [5, 5.41) is 2.34. The third-order valence-electron chi connectivity index (χ3n) is 10.4. The average Bonchev–Trinajstić information content (AvgIpc) is 3.61. The minimum Gasteiger partial charge on any atom is -0.278 e. The second-order valence-electron chi connectivity index (χ2n) is 13.9. The fraction of sp³-hybridized carbons (Fsp3) is 0. The van der Waals surface area contributed by atoms with Gasteiger partial charge in [-0.05, 0) is 99.1 Å². The van der Waals surface area contributed by atoms with Gasteiger partial charge in [-0.15, -0.1) is 0 Å². The predicted octanol–water partition coefficient (Wildman–Crippen LogP) is 13.6. The topological polar surface area (TPSA) is 30.7 Å². The Morgan fingerprint density at radius 2 is 0.545 bits per heavy atom. The first-order chi connectivity index (χ1) is 27.2.